The van der Waals surface area contributed by atoms with Crippen molar-refractivity contribution in [1.29, 1.82) is 0 Å². The van der Waals surface area contributed by atoms with Crippen LogP contribution in [0.2, 0.25) is 0 Å². The maximum atomic E-state index is 12.6. The largest absolute Gasteiger partial charge is 0.397 e. The Hall–Kier alpha value is -1.72. The van der Waals surface area contributed by atoms with Gasteiger partial charge in [-0.05, 0) is 42.8 Å². The zero-order valence-corrected chi connectivity index (χ0v) is 14.5. The maximum Gasteiger partial charge on any atom is 0.205 e. The lowest BCUT2D eigenvalue weighted by atomic mass is 10.1. The quantitative estimate of drug-likeness (QED) is 0.665. The van der Waals surface area contributed by atoms with Gasteiger partial charge >= 0.3 is 0 Å². The predicted molar refractivity (Wildman–Crippen MR) is 95.6 cm³/mol. The fourth-order valence-electron chi connectivity index (χ4n) is 2.33. The molecule has 0 bridgehead atoms. The number of hydrogen-bond donors (Lipinski definition) is 1. The molecule has 0 amide bonds. The van der Waals surface area contributed by atoms with Gasteiger partial charge in [0.2, 0.25) is 5.78 Å². The van der Waals surface area contributed by atoms with Gasteiger partial charge in [0.25, 0.3) is 0 Å². The summed E-state index contributed by atoms with van der Waals surface area (Å²) in [6, 6.07) is 11.3. The highest BCUT2D eigenvalue weighted by molar-refractivity contribution is 9.10. The lowest BCUT2D eigenvalue weighted by Crippen LogP contribution is -2.01. The van der Waals surface area contributed by atoms with Gasteiger partial charge in [0.15, 0.2) is 0 Å². The number of ketones is 1. The second-order valence-corrected chi connectivity index (χ2v) is 7.00. The number of carbonyl (C=O) groups is 1. The molecule has 2 N–H and O–H groups in total. The third-order valence-corrected chi connectivity index (χ3v) is 5.11. The average Bonchev–Trinajstić information content (AvgIpc) is 2.84. The van der Waals surface area contributed by atoms with Crippen molar-refractivity contribution in [2.75, 3.05) is 5.73 Å². The molecule has 3 rings (SSSR count). The zero-order valence-electron chi connectivity index (χ0n) is 12.1. The van der Waals surface area contributed by atoms with Crippen molar-refractivity contribution >= 4 is 49.0 Å². The summed E-state index contributed by atoms with van der Waals surface area (Å²) in [6.45, 7) is 2.12. The first-order valence-electron chi connectivity index (χ1n) is 7.08. The Morgan fingerprint density at radius 1 is 1.23 bits per heavy atom. The summed E-state index contributed by atoms with van der Waals surface area (Å²) in [5.41, 5.74) is 8.38. The maximum absolute atomic E-state index is 12.6. The topological polar surface area (TPSA) is 56.0 Å². The number of carbonyl (C=O) groups excluding carboxylic acids is 1. The molecule has 0 aliphatic heterocycles. The van der Waals surface area contributed by atoms with Crippen LogP contribution in [0, 0.1) is 0 Å². The zero-order chi connectivity index (χ0) is 15.7. The Morgan fingerprint density at radius 3 is 2.64 bits per heavy atom. The van der Waals surface area contributed by atoms with E-state index in [-0.39, 0.29) is 5.78 Å². The summed E-state index contributed by atoms with van der Waals surface area (Å²) in [6.07, 6.45) is 1.98. The number of thiophene rings is 1. The fraction of sp³-hybridized carbons (Fsp3) is 0.176. The minimum atomic E-state index is -0.0509. The molecule has 3 aromatic rings. The molecule has 0 fully saturated rings. The normalized spacial score (nSPS) is 11.0. The molecule has 0 radical (unpaired) electrons. The van der Waals surface area contributed by atoms with E-state index in [1.807, 2.05) is 24.3 Å². The summed E-state index contributed by atoms with van der Waals surface area (Å²) in [4.78, 5) is 18.7. The summed E-state index contributed by atoms with van der Waals surface area (Å²) in [7, 11) is 0. The predicted octanol–water partition coefficient (Wildman–Crippen LogP) is 4.82. The molecule has 3 nitrogen and oxygen atoms in total. The monoisotopic (exact) mass is 374 g/mol. The number of anilines is 1. The van der Waals surface area contributed by atoms with Crippen LogP contribution < -0.4 is 5.73 Å². The number of halogens is 1. The molecule has 2 aromatic heterocycles. The van der Waals surface area contributed by atoms with E-state index in [1.165, 1.54) is 11.3 Å². The molecule has 0 spiro atoms. The number of hydrogen-bond acceptors (Lipinski definition) is 4. The van der Waals surface area contributed by atoms with Crippen LogP contribution in [0.3, 0.4) is 0 Å². The number of nitrogens with two attached hydrogens (primary N) is 1. The van der Waals surface area contributed by atoms with E-state index >= 15 is 0 Å². The van der Waals surface area contributed by atoms with E-state index in [4.69, 9.17) is 5.73 Å². The van der Waals surface area contributed by atoms with E-state index in [1.54, 1.807) is 12.1 Å². The van der Waals surface area contributed by atoms with E-state index in [0.29, 0.717) is 16.1 Å². The van der Waals surface area contributed by atoms with E-state index in [9.17, 15) is 4.79 Å². The van der Waals surface area contributed by atoms with Gasteiger partial charge in [-0.1, -0.05) is 29.3 Å². The molecule has 0 unspecified atom stereocenters. The molecular weight excluding hydrogens is 360 g/mol. The van der Waals surface area contributed by atoms with Gasteiger partial charge in [-0.2, -0.15) is 0 Å². The standard InChI is InChI=1S/C17H15BrN2OS/c1-2-3-12-8-9-13-14(19)16(22-17(13)20-12)15(21)10-4-6-11(18)7-5-10/h4-9H,2-3,19H2,1H3. The number of rotatable bonds is 4. The second kappa shape index (κ2) is 6.18. The van der Waals surface area contributed by atoms with Crippen LogP contribution in [-0.4, -0.2) is 10.8 Å². The van der Waals surface area contributed by atoms with Crippen LogP contribution in [0.15, 0.2) is 40.9 Å². The van der Waals surface area contributed by atoms with Crippen molar-refractivity contribution < 1.29 is 4.79 Å². The molecule has 1 aromatic carbocycles. The van der Waals surface area contributed by atoms with Crippen molar-refractivity contribution in [2.45, 2.75) is 19.8 Å². The number of nitrogen functional groups attached to an aromatic ring is 1. The molecule has 0 aliphatic carbocycles. The van der Waals surface area contributed by atoms with E-state index < -0.39 is 0 Å². The lowest BCUT2D eigenvalue weighted by molar-refractivity contribution is 0.104. The van der Waals surface area contributed by atoms with Gasteiger partial charge in [0.1, 0.15) is 9.71 Å². The number of aryl methyl sites for hydroxylation is 1. The van der Waals surface area contributed by atoms with Crippen molar-refractivity contribution in [1.82, 2.24) is 4.98 Å². The molecule has 5 heteroatoms. The van der Waals surface area contributed by atoms with E-state index in [2.05, 4.69) is 27.8 Å². The van der Waals surface area contributed by atoms with Crippen LogP contribution in [0.1, 0.15) is 34.3 Å². The van der Waals surface area contributed by atoms with Crippen molar-refractivity contribution in [3.63, 3.8) is 0 Å². The van der Waals surface area contributed by atoms with Crippen LogP contribution in [-0.2, 0) is 6.42 Å². The average molecular weight is 375 g/mol. The van der Waals surface area contributed by atoms with Gasteiger partial charge in [-0.25, -0.2) is 4.98 Å². The summed E-state index contributed by atoms with van der Waals surface area (Å²) < 4.78 is 0.944. The molecule has 0 saturated carbocycles. The lowest BCUT2D eigenvalue weighted by Gasteiger charge is -2.00. The van der Waals surface area contributed by atoms with Crippen molar-refractivity contribution in [3.8, 4) is 0 Å². The van der Waals surface area contributed by atoms with Gasteiger partial charge in [0, 0.05) is 21.1 Å². The molecular formula is C17H15BrN2OS. The minimum absolute atomic E-state index is 0.0509. The highest BCUT2D eigenvalue weighted by atomic mass is 79.9. The number of benzene rings is 1. The van der Waals surface area contributed by atoms with E-state index in [0.717, 1.165) is 33.2 Å². The highest BCUT2D eigenvalue weighted by Gasteiger charge is 2.18. The number of aromatic nitrogens is 1. The number of pyridine rings is 1. The smallest absolute Gasteiger partial charge is 0.205 e. The van der Waals surface area contributed by atoms with Crippen LogP contribution in [0.4, 0.5) is 5.69 Å². The molecule has 0 saturated heterocycles. The first kappa shape index (κ1) is 15.2. The second-order valence-electron chi connectivity index (χ2n) is 5.09. The molecule has 22 heavy (non-hydrogen) atoms. The van der Waals surface area contributed by atoms with Gasteiger partial charge in [-0.3, -0.25) is 4.79 Å². The Morgan fingerprint density at radius 2 is 1.95 bits per heavy atom. The number of nitrogens with zero attached hydrogens (tertiary/aromatic N) is 1. The van der Waals surface area contributed by atoms with Gasteiger partial charge in [-0.15, -0.1) is 11.3 Å². The Labute approximate surface area is 141 Å². The fourth-order valence-corrected chi connectivity index (χ4v) is 3.67. The van der Waals surface area contributed by atoms with Crippen LogP contribution in [0.25, 0.3) is 10.2 Å². The van der Waals surface area contributed by atoms with Crippen molar-refractivity contribution in [2.24, 2.45) is 0 Å². The third-order valence-electron chi connectivity index (χ3n) is 3.47. The van der Waals surface area contributed by atoms with Gasteiger partial charge < -0.3 is 5.73 Å². The van der Waals surface area contributed by atoms with Crippen LogP contribution in [0.5, 0.6) is 0 Å². The Bertz CT molecular complexity index is 840. The molecule has 0 atom stereocenters. The third kappa shape index (κ3) is 2.78. The highest BCUT2D eigenvalue weighted by Crippen LogP contribution is 2.34. The molecule has 112 valence electrons. The summed E-state index contributed by atoms with van der Waals surface area (Å²) in [5, 5.41) is 0.866. The van der Waals surface area contributed by atoms with Crippen LogP contribution >= 0.6 is 27.3 Å². The summed E-state index contributed by atoms with van der Waals surface area (Å²) in [5.74, 6) is -0.0509. The summed E-state index contributed by atoms with van der Waals surface area (Å²) >= 11 is 4.75. The Balaban J connectivity index is 2.05. The van der Waals surface area contributed by atoms with Gasteiger partial charge in [0.05, 0.1) is 5.69 Å². The van der Waals surface area contributed by atoms with Crippen molar-refractivity contribution in [3.05, 3.63) is 57.0 Å². The Kier molecular flexibility index (Phi) is 4.27. The first-order valence-corrected chi connectivity index (χ1v) is 8.69. The number of fused-ring (bicyclic) bond motifs is 1. The SMILES string of the molecule is CCCc1ccc2c(N)c(C(=O)c3ccc(Br)cc3)sc2n1. The molecule has 2 heterocycles. The molecule has 0 aliphatic rings. The first-order chi connectivity index (χ1) is 10.6. The minimum Gasteiger partial charge on any atom is -0.397 e.